The number of carbonyl (C=O) groups is 3. The van der Waals surface area contributed by atoms with Crippen molar-refractivity contribution >= 4 is 46.7 Å². The van der Waals surface area contributed by atoms with Gasteiger partial charge in [0.25, 0.3) is 11.8 Å². The van der Waals surface area contributed by atoms with Crippen molar-refractivity contribution in [1.82, 2.24) is 5.32 Å². The number of nitrogens with one attached hydrogen (secondary N) is 2. The molecular formula is C23H20N4O4S. The molecule has 8 nitrogen and oxygen atoms in total. The number of hydrogen-bond acceptors (Lipinski definition) is 6. The SMILES string of the molecule is CC(Sc1cccc(NC(=O)c2ccco2)c1)C(=O)NC1=NN(c2ccccc2)C(=O)C1. The standard InChI is InChI=1S/C23H20N4O4S/c1-15(22(29)25-20-14-21(28)27(26-20)17-8-3-2-4-9-17)32-18-10-5-7-16(13-18)24-23(30)19-11-6-12-31-19/h2-13,15H,14H2,1H3,(H,24,30)(H,25,26,29). The number of hydrogen-bond donors (Lipinski definition) is 2. The Kier molecular flexibility index (Phi) is 6.37. The van der Waals surface area contributed by atoms with Gasteiger partial charge in [-0.15, -0.1) is 11.8 Å². The van der Waals surface area contributed by atoms with Crippen molar-refractivity contribution in [2.24, 2.45) is 5.10 Å². The van der Waals surface area contributed by atoms with E-state index in [0.29, 0.717) is 17.2 Å². The molecule has 4 rings (SSSR count). The van der Waals surface area contributed by atoms with Crippen LogP contribution in [0.15, 0.2) is 87.4 Å². The lowest BCUT2D eigenvalue weighted by molar-refractivity contribution is -0.118. The van der Waals surface area contributed by atoms with E-state index in [2.05, 4.69) is 15.7 Å². The van der Waals surface area contributed by atoms with Gasteiger partial charge in [-0.3, -0.25) is 14.4 Å². The van der Waals surface area contributed by atoms with Gasteiger partial charge in [0, 0.05) is 10.6 Å². The second kappa shape index (κ2) is 9.52. The zero-order valence-electron chi connectivity index (χ0n) is 17.1. The molecule has 1 atom stereocenters. The average molecular weight is 449 g/mol. The molecule has 3 amide bonds. The number of carbonyl (C=O) groups excluding carboxylic acids is 3. The highest BCUT2D eigenvalue weighted by atomic mass is 32.2. The van der Waals surface area contributed by atoms with Crippen molar-refractivity contribution < 1.29 is 18.8 Å². The van der Waals surface area contributed by atoms with Gasteiger partial charge < -0.3 is 15.1 Å². The van der Waals surface area contributed by atoms with Crippen LogP contribution >= 0.6 is 11.8 Å². The monoisotopic (exact) mass is 448 g/mol. The van der Waals surface area contributed by atoms with Crippen molar-refractivity contribution in [1.29, 1.82) is 0 Å². The molecule has 0 bridgehead atoms. The lowest BCUT2D eigenvalue weighted by Gasteiger charge is -2.12. The third-order valence-electron chi connectivity index (χ3n) is 4.56. The summed E-state index contributed by atoms with van der Waals surface area (Å²) in [6.45, 7) is 1.76. The first-order valence-electron chi connectivity index (χ1n) is 9.87. The molecule has 32 heavy (non-hydrogen) atoms. The fourth-order valence-electron chi connectivity index (χ4n) is 3.02. The van der Waals surface area contributed by atoms with Crippen LogP contribution in [-0.4, -0.2) is 28.8 Å². The van der Waals surface area contributed by atoms with E-state index in [-0.39, 0.29) is 29.9 Å². The van der Waals surface area contributed by atoms with Crippen LogP contribution in [0.4, 0.5) is 11.4 Å². The summed E-state index contributed by atoms with van der Waals surface area (Å²) in [5.41, 5.74) is 1.24. The van der Waals surface area contributed by atoms with Gasteiger partial charge in [0.05, 0.1) is 23.6 Å². The van der Waals surface area contributed by atoms with Gasteiger partial charge in [0.2, 0.25) is 5.91 Å². The van der Waals surface area contributed by atoms with Crippen LogP contribution in [0.2, 0.25) is 0 Å². The number of benzene rings is 2. The Morgan fingerprint density at radius 1 is 1.06 bits per heavy atom. The molecule has 1 aliphatic heterocycles. The zero-order valence-corrected chi connectivity index (χ0v) is 18.0. The van der Waals surface area contributed by atoms with Crippen LogP contribution in [0.1, 0.15) is 23.9 Å². The molecule has 0 fully saturated rings. The smallest absolute Gasteiger partial charge is 0.291 e. The van der Waals surface area contributed by atoms with Crippen LogP contribution < -0.4 is 15.6 Å². The molecule has 3 aromatic rings. The van der Waals surface area contributed by atoms with Crippen LogP contribution in [0.5, 0.6) is 0 Å². The van der Waals surface area contributed by atoms with E-state index in [1.807, 2.05) is 24.3 Å². The molecule has 1 unspecified atom stereocenters. The molecule has 2 aromatic carbocycles. The van der Waals surface area contributed by atoms with E-state index >= 15 is 0 Å². The lowest BCUT2D eigenvalue weighted by atomic mass is 10.3. The molecule has 1 aromatic heterocycles. The number of para-hydroxylation sites is 1. The van der Waals surface area contributed by atoms with Gasteiger partial charge in [-0.05, 0) is 49.4 Å². The second-order valence-corrected chi connectivity index (χ2v) is 8.39. The predicted octanol–water partition coefficient (Wildman–Crippen LogP) is 3.88. The number of hydrazone groups is 1. The largest absolute Gasteiger partial charge is 0.459 e. The maximum absolute atomic E-state index is 12.6. The fraction of sp³-hybridized carbons (Fsp3) is 0.130. The van der Waals surface area contributed by atoms with Gasteiger partial charge in [-0.25, -0.2) is 0 Å². The van der Waals surface area contributed by atoms with Crippen LogP contribution in [-0.2, 0) is 9.59 Å². The van der Waals surface area contributed by atoms with Crippen molar-refractivity contribution in [3.63, 3.8) is 0 Å². The molecule has 2 heterocycles. The van der Waals surface area contributed by atoms with Crippen molar-refractivity contribution in [3.05, 3.63) is 78.8 Å². The molecular weight excluding hydrogens is 428 g/mol. The Hall–Kier alpha value is -3.85. The van der Waals surface area contributed by atoms with E-state index < -0.39 is 5.25 Å². The number of anilines is 2. The summed E-state index contributed by atoms with van der Waals surface area (Å²) in [5.74, 6) is -0.286. The highest BCUT2D eigenvalue weighted by Crippen LogP contribution is 2.26. The number of amidine groups is 1. The maximum atomic E-state index is 12.6. The molecule has 0 spiro atoms. The van der Waals surface area contributed by atoms with Crippen molar-refractivity contribution in [2.45, 2.75) is 23.5 Å². The second-order valence-electron chi connectivity index (χ2n) is 6.97. The normalized spacial score (nSPS) is 14.1. The third kappa shape index (κ3) is 5.06. The molecule has 0 aliphatic carbocycles. The minimum absolute atomic E-state index is 0.0340. The molecule has 162 valence electrons. The first-order valence-corrected chi connectivity index (χ1v) is 10.8. The van der Waals surface area contributed by atoms with E-state index in [9.17, 15) is 14.4 Å². The predicted molar refractivity (Wildman–Crippen MR) is 123 cm³/mol. The first kappa shape index (κ1) is 21.4. The molecule has 1 aliphatic rings. The minimum Gasteiger partial charge on any atom is -0.459 e. The van der Waals surface area contributed by atoms with Gasteiger partial charge in [0.15, 0.2) is 5.76 Å². The van der Waals surface area contributed by atoms with Crippen LogP contribution in [0.3, 0.4) is 0 Å². The van der Waals surface area contributed by atoms with Crippen LogP contribution in [0, 0.1) is 0 Å². The molecule has 0 saturated heterocycles. The first-order chi connectivity index (χ1) is 15.5. The molecule has 0 radical (unpaired) electrons. The highest BCUT2D eigenvalue weighted by Gasteiger charge is 2.27. The van der Waals surface area contributed by atoms with Gasteiger partial charge in [0.1, 0.15) is 5.84 Å². The quantitative estimate of drug-likeness (QED) is 0.557. The van der Waals surface area contributed by atoms with E-state index in [1.165, 1.54) is 23.0 Å². The van der Waals surface area contributed by atoms with Crippen LogP contribution in [0.25, 0.3) is 0 Å². The zero-order chi connectivity index (χ0) is 22.5. The summed E-state index contributed by atoms with van der Waals surface area (Å²) in [7, 11) is 0. The number of rotatable bonds is 6. The van der Waals surface area contributed by atoms with Gasteiger partial charge in [-0.1, -0.05) is 24.3 Å². The topological polar surface area (TPSA) is 104 Å². The van der Waals surface area contributed by atoms with Crippen molar-refractivity contribution in [3.8, 4) is 0 Å². The Morgan fingerprint density at radius 3 is 2.62 bits per heavy atom. The fourth-order valence-corrected chi connectivity index (χ4v) is 3.95. The summed E-state index contributed by atoms with van der Waals surface area (Å²) < 4.78 is 5.09. The van der Waals surface area contributed by atoms with E-state index in [4.69, 9.17) is 4.42 Å². The Balaban J connectivity index is 1.36. The number of furan rings is 1. The molecule has 2 N–H and O–H groups in total. The Labute approximate surface area is 188 Å². The molecule has 0 saturated carbocycles. The Morgan fingerprint density at radius 2 is 1.88 bits per heavy atom. The summed E-state index contributed by atoms with van der Waals surface area (Å²) >= 11 is 1.33. The summed E-state index contributed by atoms with van der Waals surface area (Å²) in [5, 5.41) is 10.6. The number of amides is 3. The van der Waals surface area contributed by atoms with Gasteiger partial charge in [-0.2, -0.15) is 10.1 Å². The maximum Gasteiger partial charge on any atom is 0.291 e. The van der Waals surface area contributed by atoms with E-state index in [0.717, 1.165) is 4.90 Å². The van der Waals surface area contributed by atoms with Crippen molar-refractivity contribution in [2.75, 3.05) is 10.3 Å². The minimum atomic E-state index is -0.449. The third-order valence-corrected chi connectivity index (χ3v) is 5.66. The number of thioether (sulfide) groups is 1. The Bertz CT molecular complexity index is 1160. The summed E-state index contributed by atoms with van der Waals surface area (Å²) in [6, 6.07) is 19.5. The molecule has 9 heteroatoms. The highest BCUT2D eigenvalue weighted by molar-refractivity contribution is 8.00. The average Bonchev–Trinajstić information content (AvgIpc) is 3.45. The summed E-state index contributed by atoms with van der Waals surface area (Å²) in [6.07, 6.45) is 1.47. The number of nitrogens with zero attached hydrogens (tertiary/aromatic N) is 2. The van der Waals surface area contributed by atoms with E-state index in [1.54, 1.807) is 49.4 Å². The summed E-state index contributed by atoms with van der Waals surface area (Å²) in [4.78, 5) is 37.8. The lowest BCUT2D eigenvalue weighted by Crippen LogP contribution is -2.35. The van der Waals surface area contributed by atoms with Gasteiger partial charge >= 0.3 is 0 Å².